The van der Waals surface area contributed by atoms with Crippen LogP contribution in [0.3, 0.4) is 0 Å². The monoisotopic (exact) mass is 224 g/mol. The minimum Gasteiger partial charge on any atom is -0.480 e. The Balaban J connectivity index is 4.67. The quantitative estimate of drug-likeness (QED) is 0.701. The molecule has 0 bridgehead atoms. The van der Waals surface area contributed by atoms with Gasteiger partial charge in [-0.3, -0.25) is 4.79 Å². The molecule has 0 aliphatic carbocycles. The summed E-state index contributed by atoms with van der Waals surface area (Å²) in [6.07, 6.45) is -0.401. The van der Waals surface area contributed by atoms with Gasteiger partial charge in [-0.2, -0.15) is 0 Å². The van der Waals surface area contributed by atoms with Crippen molar-refractivity contribution >= 4 is 15.8 Å². The van der Waals surface area contributed by atoms with E-state index in [0.717, 1.165) is 0 Å². The summed E-state index contributed by atoms with van der Waals surface area (Å²) in [4.78, 5) is 10.6. The molecule has 84 valence electrons. The standard InChI is InChI=1S/C8H16O5S/c1-4-7(8(9)10)14(11,12)5-6(2)13-3/h6-7H,4-5H2,1-3H3,(H,9,10). The molecule has 0 amide bonds. The van der Waals surface area contributed by atoms with E-state index in [-0.39, 0.29) is 12.2 Å². The summed E-state index contributed by atoms with van der Waals surface area (Å²) < 4.78 is 27.8. The first kappa shape index (κ1) is 13.4. The van der Waals surface area contributed by atoms with Crippen LogP contribution >= 0.6 is 0 Å². The van der Waals surface area contributed by atoms with Crippen molar-refractivity contribution in [1.82, 2.24) is 0 Å². The van der Waals surface area contributed by atoms with Crippen LogP contribution in [-0.4, -0.2) is 43.7 Å². The highest BCUT2D eigenvalue weighted by Crippen LogP contribution is 2.09. The summed E-state index contributed by atoms with van der Waals surface area (Å²) in [7, 11) is -2.22. The Hall–Kier alpha value is -0.620. The van der Waals surface area contributed by atoms with Gasteiger partial charge in [0.2, 0.25) is 0 Å². The van der Waals surface area contributed by atoms with Gasteiger partial charge in [-0.05, 0) is 13.3 Å². The van der Waals surface area contributed by atoms with Gasteiger partial charge in [-0.15, -0.1) is 0 Å². The molecule has 0 rings (SSSR count). The number of hydrogen-bond acceptors (Lipinski definition) is 4. The fourth-order valence-electron chi connectivity index (χ4n) is 1.09. The minimum atomic E-state index is -3.61. The summed E-state index contributed by atoms with van der Waals surface area (Å²) >= 11 is 0. The van der Waals surface area contributed by atoms with E-state index in [4.69, 9.17) is 9.84 Å². The van der Waals surface area contributed by atoms with Crippen molar-refractivity contribution in [2.24, 2.45) is 0 Å². The molecule has 1 N–H and O–H groups in total. The van der Waals surface area contributed by atoms with Crippen molar-refractivity contribution in [2.75, 3.05) is 12.9 Å². The predicted octanol–water partition coefficient (Wildman–Crippen LogP) is 0.299. The van der Waals surface area contributed by atoms with Crippen molar-refractivity contribution < 1.29 is 23.1 Å². The number of carboxylic acid groups (broad SMARTS) is 1. The Kier molecular flexibility index (Phi) is 5.07. The summed E-state index contributed by atoms with van der Waals surface area (Å²) in [6, 6.07) is 0. The van der Waals surface area contributed by atoms with Gasteiger partial charge in [-0.1, -0.05) is 6.92 Å². The summed E-state index contributed by atoms with van der Waals surface area (Å²) in [5.41, 5.74) is 0. The van der Waals surface area contributed by atoms with Crippen molar-refractivity contribution in [3.8, 4) is 0 Å². The van der Waals surface area contributed by atoms with Gasteiger partial charge in [0.25, 0.3) is 0 Å². The van der Waals surface area contributed by atoms with Crippen molar-refractivity contribution in [3.63, 3.8) is 0 Å². The van der Waals surface area contributed by atoms with Gasteiger partial charge in [-0.25, -0.2) is 8.42 Å². The molecule has 0 fully saturated rings. The normalized spacial score (nSPS) is 16.2. The maximum absolute atomic E-state index is 11.5. The summed E-state index contributed by atoms with van der Waals surface area (Å²) in [6.45, 7) is 3.12. The fraction of sp³-hybridized carbons (Fsp3) is 0.875. The zero-order chi connectivity index (χ0) is 11.4. The number of hydrogen-bond donors (Lipinski definition) is 1. The lowest BCUT2D eigenvalue weighted by atomic mass is 10.3. The Labute approximate surface area is 84.0 Å². The number of rotatable bonds is 6. The van der Waals surface area contributed by atoms with E-state index in [1.165, 1.54) is 14.0 Å². The topological polar surface area (TPSA) is 80.7 Å². The first-order valence-corrected chi connectivity index (χ1v) is 6.03. The number of sulfone groups is 1. The third-order valence-corrected chi connectivity index (χ3v) is 4.29. The first-order chi connectivity index (χ1) is 6.35. The van der Waals surface area contributed by atoms with Crippen LogP contribution in [0.2, 0.25) is 0 Å². The van der Waals surface area contributed by atoms with Crippen LogP contribution in [0.4, 0.5) is 0 Å². The molecule has 0 aliphatic heterocycles. The van der Waals surface area contributed by atoms with Crippen LogP contribution in [0, 0.1) is 0 Å². The van der Waals surface area contributed by atoms with E-state index < -0.39 is 27.2 Å². The largest absolute Gasteiger partial charge is 0.480 e. The highest BCUT2D eigenvalue weighted by molar-refractivity contribution is 7.92. The molecule has 0 aromatic heterocycles. The van der Waals surface area contributed by atoms with Crippen LogP contribution < -0.4 is 0 Å². The van der Waals surface area contributed by atoms with Crippen molar-refractivity contribution in [1.29, 1.82) is 0 Å². The van der Waals surface area contributed by atoms with Crippen LogP contribution in [0.1, 0.15) is 20.3 Å². The van der Waals surface area contributed by atoms with Crippen LogP contribution in [0.25, 0.3) is 0 Å². The molecule has 0 aliphatic rings. The third-order valence-electron chi connectivity index (χ3n) is 1.95. The van der Waals surface area contributed by atoms with E-state index in [2.05, 4.69) is 0 Å². The van der Waals surface area contributed by atoms with Gasteiger partial charge in [0.15, 0.2) is 15.1 Å². The Morgan fingerprint density at radius 1 is 1.50 bits per heavy atom. The highest BCUT2D eigenvalue weighted by Gasteiger charge is 2.31. The molecule has 0 saturated carbocycles. The van der Waals surface area contributed by atoms with Gasteiger partial charge < -0.3 is 9.84 Å². The Bertz CT molecular complexity index is 282. The minimum absolute atomic E-state index is 0.0775. The maximum atomic E-state index is 11.5. The third kappa shape index (κ3) is 3.63. The molecule has 0 heterocycles. The van der Waals surface area contributed by atoms with E-state index in [1.54, 1.807) is 6.92 Å². The average molecular weight is 224 g/mol. The zero-order valence-corrected chi connectivity index (χ0v) is 9.37. The van der Waals surface area contributed by atoms with Gasteiger partial charge >= 0.3 is 5.97 Å². The second-order valence-corrected chi connectivity index (χ2v) is 5.34. The van der Waals surface area contributed by atoms with Crippen molar-refractivity contribution in [2.45, 2.75) is 31.6 Å². The fourth-order valence-corrected chi connectivity index (χ4v) is 2.93. The molecular formula is C8H16O5S. The number of methoxy groups -OCH3 is 1. The molecule has 0 saturated heterocycles. The van der Waals surface area contributed by atoms with Crippen LogP contribution in [-0.2, 0) is 19.4 Å². The average Bonchev–Trinajstić information content (AvgIpc) is 2.02. The Morgan fingerprint density at radius 2 is 2.00 bits per heavy atom. The summed E-state index contributed by atoms with van der Waals surface area (Å²) in [5, 5.41) is 7.36. The lowest BCUT2D eigenvalue weighted by Gasteiger charge is -2.14. The SMILES string of the molecule is CCC(C(=O)O)S(=O)(=O)CC(C)OC. The molecule has 14 heavy (non-hydrogen) atoms. The lowest BCUT2D eigenvalue weighted by Crippen LogP contribution is -2.35. The molecule has 0 radical (unpaired) electrons. The first-order valence-electron chi connectivity index (χ1n) is 4.32. The van der Waals surface area contributed by atoms with Crippen molar-refractivity contribution in [3.05, 3.63) is 0 Å². The molecule has 5 nitrogen and oxygen atoms in total. The second kappa shape index (κ2) is 5.31. The van der Waals surface area contributed by atoms with E-state index >= 15 is 0 Å². The summed E-state index contributed by atoms with van der Waals surface area (Å²) in [5.74, 6) is -1.55. The van der Waals surface area contributed by atoms with Crippen LogP contribution in [0.15, 0.2) is 0 Å². The van der Waals surface area contributed by atoms with E-state index in [0.29, 0.717) is 0 Å². The predicted molar refractivity (Wildman–Crippen MR) is 52.0 cm³/mol. The molecule has 2 unspecified atom stereocenters. The van der Waals surface area contributed by atoms with E-state index in [9.17, 15) is 13.2 Å². The zero-order valence-electron chi connectivity index (χ0n) is 8.56. The maximum Gasteiger partial charge on any atom is 0.321 e. The van der Waals surface area contributed by atoms with Gasteiger partial charge in [0.1, 0.15) is 0 Å². The number of carboxylic acids is 1. The number of carbonyl (C=O) groups is 1. The number of aliphatic carboxylic acids is 1. The molecule has 6 heteroatoms. The van der Waals surface area contributed by atoms with Crippen LogP contribution in [0.5, 0.6) is 0 Å². The molecule has 0 spiro atoms. The molecule has 2 atom stereocenters. The Morgan fingerprint density at radius 3 is 2.29 bits per heavy atom. The van der Waals surface area contributed by atoms with Gasteiger partial charge in [0, 0.05) is 7.11 Å². The second-order valence-electron chi connectivity index (χ2n) is 3.11. The lowest BCUT2D eigenvalue weighted by molar-refractivity contribution is -0.136. The highest BCUT2D eigenvalue weighted by atomic mass is 32.2. The van der Waals surface area contributed by atoms with E-state index in [1.807, 2.05) is 0 Å². The molecule has 0 aromatic rings. The van der Waals surface area contributed by atoms with Gasteiger partial charge in [0.05, 0.1) is 11.9 Å². The smallest absolute Gasteiger partial charge is 0.321 e. The number of ether oxygens (including phenoxy) is 1. The molecule has 0 aromatic carbocycles. The molecular weight excluding hydrogens is 208 g/mol.